The second-order valence-corrected chi connectivity index (χ2v) is 3.39. The van der Waals surface area contributed by atoms with Crippen LogP contribution in [-0.2, 0) is 17.1 Å². The lowest BCUT2D eigenvalue weighted by Crippen LogP contribution is -2.05. The van der Waals surface area contributed by atoms with E-state index in [1.807, 2.05) is 0 Å². The van der Waals surface area contributed by atoms with E-state index >= 15 is 0 Å². The van der Waals surface area contributed by atoms with Crippen molar-refractivity contribution in [1.29, 1.82) is 0 Å². The van der Waals surface area contributed by atoms with Crippen molar-refractivity contribution in [3.63, 3.8) is 0 Å². The Kier molecular flexibility index (Phi) is 1.53. The summed E-state index contributed by atoms with van der Waals surface area (Å²) in [6.45, 7) is 0. The van der Waals surface area contributed by atoms with E-state index < -0.39 is 10.0 Å². The van der Waals surface area contributed by atoms with Gasteiger partial charge in [-0.25, -0.2) is 8.42 Å². The number of sulfonamides is 1. The number of nitrogens with zero attached hydrogens (tertiary/aromatic N) is 1. The molecule has 0 amide bonds. The van der Waals surface area contributed by atoms with Crippen LogP contribution in [0.15, 0.2) is 23.4 Å². The standard InChI is InChI=1S/C5H7N2O2S/c1-7-4-2-3-5(7)10(6,8)9/h2-4,6H,1H3. The number of hydrogen-bond donors (Lipinski definition) is 0. The Morgan fingerprint density at radius 1 is 1.60 bits per heavy atom. The van der Waals surface area contributed by atoms with Gasteiger partial charge in [-0.05, 0) is 12.1 Å². The minimum absolute atomic E-state index is 0.0208. The van der Waals surface area contributed by atoms with Crippen molar-refractivity contribution in [3.05, 3.63) is 18.3 Å². The Bertz CT molecular complexity index is 325. The number of nitrogens with one attached hydrogen (secondary N) is 1. The third-order valence-electron chi connectivity index (χ3n) is 1.17. The molecule has 0 saturated carbocycles. The molecule has 0 aliphatic heterocycles. The van der Waals surface area contributed by atoms with E-state index in [4.69, 9.17) is 5.14 Å². The Hall–Kier alpha value is -0.810. The molecule has 0 aromatic carbocycles. The molecule has 1 heterocycles. The van der Waals surface area contributed by atoms with Crippen molar-refractivity contribution < 1.29 is 8.42 Å². The third-order valence-corrected chi connectivity index (χ3v) is 2.15. The fourth-order valence-corrected chi connectivity index (χ4v) is 1.42. The second-order valence-electron chi connectivity index (χ2n) is 1.96. The summed E-state index contributed by atoms with van der Waals surface area (Å²) in [5.74, 6) is 0. The fraction of sp³-hybridized carbons (Fsp3) is 0.200. The smallest absolute Gasteiger partial charge is 0.269 e. The monoisotopic (exact) mass is 159 g/mol. The highest BCUT2D eigenvalue weighted by Gasteiger charge is 2.10. The van der Waals surface area contributed by atoms with E-state index in [0.717, 1.165) is 0 Å². The van der Waals surface area contributed by atoms with Gasteiger partial charge < -0.3 is 4.57 Å². The first-order chi connectivity index (χ1) is 4.52. The predicted octanol–water partition coefficient (Wildman–Crippen LogP) is -0.00330. The molecule has 0 aliphatic rings. The summed E-state index contributed by atoms with van der Waals surface area (Å²) in [5, 5.41) is 6.70. The highest BCUT2D eigenvalue weighted by Crippen LogP contribution is 2.05. The van der Waals surface area contributed by atoms with Crippen LogP contribution in [-0.4, -0.2) is 13.0 Å². The molecule has 1 aromatic heterocycles. The normalized spacial score (nSPS) is 11.8. The maximum Gasteiger partial charge on any atom is 0.269 e. The van der Waals surface area contributed by atoms with E-state index in [0.29, 0.717) is 0 Å². The minimum Gasteiger partial charge on any atom is -0.341 e. The van der Waals surface area contributed by atoms with Crippen molar-refractivity contribution in [2.24, 2.45) is 7.05 Å². The van der Waals surface area contributed by atoms with Gasteiger partial charge in [-0.15, -0.1) is 5.14 Å². The quantitative estimate of drug-likeness (QED) is 0.578. The van der Waals surface area contributed by atoms with Crippen LogP contribution in [0, 0.1) is 0 Å². The maximum atomic E-state index is 10.6. The van der Waals surface area contributed by atoms with Crippen molar-refractivity contribution in [2.45, 2.75) is 5.03 Å². The van der Waals surface area contributed by atoms with Gasteiger partial charge in [0.2, 0.25) is 0 Å². The number of aromatic nitrogens is 1. The lowest BCUT2D eigenvalue weighted by molar-refractivity contribution is 0.586. The molecule has 1 radical (unpaired) electrons. The van der Waals surface area contributed by atoms with E-state index in [-0.39, 0.29) is 5.03 Å². The second kappa shape index (κ2) is 2.10. The zero-order valence-corrected chi connectivity index (χ0v) is 6.22. The average molecular weight is 159 g/mol. The molecular weight excluding hydrogens is 152 g/mol. The van der Waals surface area contributed by atoms with E-state index in [2.05, 4.69) is 0 Å². The molecule has 0 fully saturated rings. The van der Waals surface area contributed by atoms with Crippen molar-refractivity contribution >= 4 is 10.0 Å². The fourth-order valence-electron chi connectivity index (χ4n) is 0.725. The lowest BCUT2D eigenvalue weighted by atomic mass is 10.7. The minimum atomic E-state index is -3.78. The van der Waals surface area contributed by atoms with Crippen LogP contribution in [0.2, 0.25) is 0 Å². The van der Waals surface area contributed by atoms with E-state index in [9.17, 15) is 8.42 Å². The Labute approximate surface area is 59.3 Å². The van der Waals surface area contributed by atoms with Crippen LogP contribution < -0.4 is 5.14 Å². The average Bonchev–Trinajstić information content (AvgIpc) is 2.11. The molecule has 0 spiro atoms. The van der Waals surface area contributed by atoms with Gasteiger partial charge >= 0.3 is 0 Å². The van der Waals surface area contributed by atoms with Gasteiger partial charge in [-0.2, -0.15) is 0 Å². The maximum absolute atomic E-state index is 10.6. The molecule has 5 heteroatoms. The van der Waals surface area contributed by atoms with Crippen molar-refractivity contribution in [2.75, 3.05) is 0 Å². The van der Waals surface area contributed by atoms with E-state index in [1.165, 1.54) is 10.6 Å². The van der Waals surface area contributed by atoms with Crippen LogP contribution in [0.3, 0.4) is 0 Å². The molecule has 1 rings (SSSR count). The van der Waals surface area contributed by atoms with Crippen LogP contribution in [0.4, 0.5) is 0 Å². The Morgan fingerprint density at radius 3 is 2.40 bits per heavy atom. The molecule has 0 bridgehead atoms. The Morgan fingerprint density at radius 2 is 2.20 bits per heavy atom. The highest BCUT2D eigenvalue weighted by atomic mass is 32.2. The van der Waals surface area contributed by atoms with Gasteiger partial charge in [-0.3, -0.25) is 0 Å². The molecule has 1 N–H and O–H groups in total. The first-order valence-corrected chi connectivity index (χ1v) is 4.11. The summed E-state index contributed by atoms with van der Waals surface area (Å²) in [7, 11) is -2.19. The number of hydrogen-bond acceptors (Lipinski definition) is 2. The summed E-state index contributed by atoms with van der Waals surface area (Å²) >= 11 is 0. The molecule has 0 saturated heterocycles. The van der Waals surface area contributed by atoms with Gasteiger partial charge in [-0.1, -0.05) is 0 Å². The topological polar surface area (TPSA) is 62.9 Å². The molecule has 4 nitrogen and oxygen atoms in total. The Balaban J connectivity index is 3.32. The lowest BCUT2D eigenvalue weighted by Gasteiger charge is -1.96. The van der Waals surface area contributed by atoms with Crippen LogP contribution in [0.25, 0.3) is 0 Å². The van der Waals surface area contributed by atoms with Gasteiger partial charge in [0.1, 0.15) is 0 Å². The van der Waals surface area contributed by atoms with Gasteiger partial charge in [0.25, 0.3) is 10.0 Å². The first kappa shape index (κ1) is 7.30. The van der Waals surface area contributed by atoms with Gasteiger partial charge in [0.05, 0.1) is 0 Å². The summed E-state index contributed by atoms with van der Waals surface area (Å²) in [5.41, 5.74) is 0. The zero-order valence-electron chi connectivity index (χ0n) is 5.40. The molecule has 0 aliphatic carbocycles. The molecular formula is C5H7N2O2S. The summed E-state index contributed by atoms with van der Waals surface area (Å²) in [6.07, 6.45) is 1.58. The molecule has 55 valence electrons. The van der Waals surface area contributed by atoms with Crippen LogP contribution in [0.5, 0.6) is 0 Å². The zero-order chi connectivity index (χ0) is 7.78. The summed E-state index contributed by atoms with van der Waals surface area (Å²) < 4.78 is 22.5. The highest BCUT2D eigenvalue weighted by molar-refractivity contribution is 7.88. The summed E-state index contributed by atoms with van der Waals surface area (Å²) in [4.78, 5) is 0. The largest absolute Gasteiger partial charge is 0.341 e. The molecule has 10 heavy (non-hydrogen) atoms. The third kappa shape index (κ3) is 1.19. The van der Waals surface area contributed by atoms with Crippen molar-refractivity contribution in [1.82, 2.24) is 9.71 Å². The summed E-state index contributed by atoms with van der Waals surface area (Å²) in [6, 6.07) is 2.98. The molecule has 1 aromatic rings. The predicted molar refractivity (Wildman–Crippen MR) is 35.7 cm³/mol. The van der Waals surface area contributed by atoms with Crippen LogP contribution in [0.1, 0.15) is 0 Å². The molecule has 0 atom stereocenters. The van der Waals surface area contributed by atoms with Gasteiger partial charge in [0.15, 0.2) is 5.03 Å². The first-order valence-electron chi connectivity index (χ1n) is 2.63. The van der Waals surface area contributed by atoms with Crippen molar-refractivity contribution in [3.8, 4) is 0 Å². The van der Waals surface area contributed by atoms with E-state index in [1.54, 1.807) is 19.3 Å². The number of rotatable bonds is 1. The van der Waals surface area contributed by atoms with Crippen LogP contribution >= 0.6 is 0 Å². The SMILES string of the molecule is Cn1cccc1S([NH])(=O)=O. The number of aryl methyl sites for hydroxylation is 1. The van der Waals surface area contributed by atoms with Gasteiger partial charge in [0, 0.05) is 13.2 Å². The molecule has 0 unspecified atom stereocenters.